The van der Waals surface area contributed by atoms with E-state index < -0.39 is 29.8 Å². The van der Waals surface area contributed by atoms with Crippen LogP contribution in [0.15, 0.2) is 60.7 Å². The van der Waals surface area contributed by atoms with Crippen molar-refractivity contribution < 1.29 is 42.5 Å². The van der Waals surface area contributed by atoms with E-state index in [4.69, 9.17) is 18.9 Å². The molecule has 3 aliphatic heterocycles. The van der Waals surface area contributed by atoms with Crippen molar-refractivity contribution in [1.29, 1.82) is 0 Å². The molecule has 0 unspecified atom stereocenters. The number of morpholine rings is 1. The Kier molecular flexibility index (Phi) is 11.5. The van der Waals surface area contributed by atoms with Gasteiger partial charge in [-0.3, -0.25) is 19.2 Å². The lowest BCUT2D eigenvalue weighted by molar-refractivity contribution is -0.130. The number of carbonyl (C=O) groups excluding carboxylic acids is 4. The van der Waals surface area contributed by atoms with Gasteiger partial charge in [-0.1, -0.05) is 19.1 Å². The van der Waals surface area contributed by atoms with E-state index in [9.17, 15) is 23.6 Å². The lowest BCUT2D eigenvalue weighted by Crippen LogP contribution is -2.49. The van der Waals surface area contributed by atoms with E-state index in [1.165, 1.54) is 35.2 Å². The largest absolute Gasteiger partial charge is 0.497 e. The molecule has 270 valence electrons. The van der Waals surface area contributed by atoms with Crippen molar-refractivity contribution in [1.82, 2.24) is 20.0 Å². The number of benzene rings is 3. The summed E-state index contributed by atoms with van der Waals surface area (Å²) in [6.07, 6.45) is 0.781. The van der Waals surface area contributed by atoms with Crippen LogP contribution >= 0.6 is 0 Å². The first-order valence-corrected chi connectivity index (χ1v) is 17.3. The van der Waals surface area contributed by atoms with Crippen LogP contribution in [0, 0.1) is 5.82 Å². The number of rotatable bonds is 7. The van der Waals surface area contributed by atoms with Gasteiger partial charge in [0.1, 0.15) is 23.1 Å². The van der Waals surface area contributed by atoms with Crippen molar-refractivity contribution in [2.24, 2.45) is 0 Å². The summed E-state index contributed by atoms with van der Waals surface area (Å²) in [4.78, 5) is 59.2. The van der Waals surface area contributed by atoms with Crippen molar-refractivity contribution in [2.45, 2.75) is 44.9 Å². The van der Waals surface area contributed by atoms with Gasteiger partial charge >= 0.3 is 0 Å². The summed E-state index contributed by atoms with van der Waals surface area (Å²) in [5.41, 5.74) is 1.85. The average Bonchev–Trinajstić information content (AvgIpc) is 3.54. The number of hydrogen-bond acceptors (Lipinski definition) is 8. The van der Waals surface area contributed by atoms with E-state index in [-0.39, 0.29) is 73.6 Å². The minimum Gasteiger partial charge on any atom is -0.497 e. The lowest BCUT2D eigenvalue weighted by Gasteiger charge is -2.28. The first-order valence-electron chi connectivity index (χ1n) is 17.3. The van der Waals surface area contributed by atoms with Crippen LogP contribution in [-0.4, -0.2) is 110 Å². The first-order chi connectivity index (χ1) is 24.7. The number of nitrogens with zero attached hydrogens (tertiary/aromatic N) is 3. The van der Waals surface area contributed by atoms with Crippen LogP contribution in [0.5, 0.6) is 17.2 Å². The molecule has 3 heterocycles. The Labute approximate surface area is 296 Å². The van der Waals surface area contributed by atoms with Gasteiger partial charge in [0.15, 0.2) is 0 Å². The highest BCUT2D eigenvalue weighted by atomic mass is 19.1. The number of carbonyl (C=O) groups is 4. The number of ether oxygens (including phenoxy) is 4. The number of amides is 4. The SMILES string of the molecule is CCCN1CC(=O)N[C@@H]2CN(C(=O)CCc3ccc(OC)cc3)C[C@H]2OCc2cc(F)cc(c2)Oc2cc(C(=O)N3CCOCC3)cc(c2)C1=O. The van der Waals surface area contributed by atoms with E-state index in [0.717, 1.165) is 11.3 Å². The molecule has 51 heavy (non-hydrogen) atoms. The van der Waals surface area contributed by atoms with Crippen LogP contribution in [-0.2, 0) is 32.1 Å². The summed E-state index contributed by atoms with van der Waals surface area (Å²) in [5, 5.41) is 3.00. The Balaban J connectivity index is 1.26. The number of nitrogens with one attached hydrogen (secondary N) is 1. The standard InChI is InChI=1S/C38H43FN4O8/c1-3-10-42-23-35(44)40-33-21-43(36(45)9-6-25-4-7-30(48-2)8-5-25)22-34(33)50-24-26-15-29(39)20-31(16-26)51-32-18-27(17-28(19-32)38(42)47)37(46)41-11-13-49-14-12-41/h4-5,7-8,15-20,33-34H,3,6,9-14,21-24H2,1-2H3,(H,40,44)/t33-,34-/m1/s1. The molecule has 3 aromatic carbocycles. The van der Waals surface area contributed by atoms with Gasteiger partial charge in [0, 0.05) is 56.3 Å². The van der Waals surface area contributed by atoms with Crippen molar-refractivity contribution in [3.05, 3.63) is 88.7 Å². The molecule has 4 amide bonds. The Bertz CT molecular complexity index is 1750. The second kappa shape index (κ2) is 16.3. The second-order valence-electron chi connectivity index (χ2n) is 12.9. The van der Waals surface area contributed by atoms with Gasteiger partial charge in [0.25, 0.3) is 11.8 Å². The quantitative estimate of drug-likeness (QED) is 0.394. The maximum Gasteiger partial charge on any atom is 0.254 e. The highest BCUT2D eigenvalue weighted by Gasteiger charge is 2.37. The number of halogens is 1. The summed E-state index contributed by atoms with van der Waals surface area (Å²) >= 11 is 0. The zero-order valence-electron chi connectivity index (χ0n) is 28.9. The van der Waals surface area contributed by atoms with Crippen molar-refractivity contribution in [3.63, 3.8) is 0 Å². The maximum atomic E-state index is 14.9. The molecule has 0 radical (unpaired) electrons. The molecule has 0 aliphatic carbocycles. The number of aryl methyl sites for hydroxylation is 1. The Morgan fingerprint density at radius 1 is 0.961 bits per heavy atom. The van der Waals surface area contributed by atoms with Gasteiger partial charge in [-0.15, -0.1) is 0 Å². The minimum absolute atomic E-state index is 0.0136. The number of methoxy groups -OCH3 is 1. The number of fused-ring (bicyclic) bond motifs is 5. The number of likely N-dealkylation sites (tertiary alicyclic amines) is 1. The van der Waals surface area contributed by atoms with E-state index in [2.05, 4.69) is 5.32 Å². The van der Waals surface area contributed by atoms with Crippen LogP contribution < -0.4 is 14.8 Å². The van der Waals surface area contributed by atoms with E-state index in [1.807, 2.05) is 31.2 Å². The molecule has 0 saturated carbocycles. The zero-order valence-corrected chi connectivity index (χ0v) is 28.9. The van der Waals surface area contributed by atoms with Crippen molar-refractivity contribution in [2.75, 3.05) is 59.6 Å². The normalized spacial score (nSPS) is 19.6. The Hall–Kier alpha value is -5.01. The first kappa shape index (κ1) is 35.8. The maximum absolute atomic E-state index is 14.9. The number of hydrogen-bond donors (Lipinski definition) is 1. The third-order valence-electron chi connectivity index (χ3n) is 9.20. The molecule has 12 nitrogen and oxygen atoms in total. The van der Waals surface area contributed by atoms with Crippen LogP contribution in [0.2, 0.25) is 0 Å². The van der Waals surface area contributed by atoms with Gasteiger partial charge in [0.2, 0.25) is 11.8 Å². The smallest absolute Gasteiger partial charge is 0.254 e. The molecular formula is C38H43FN4O8. The van der Waals surface area contributed by atoms with Gasteiger partial charge in [0.05, 0.1) is 45.6 Å². The molecule has 13 heteroatoms. The van der Waals surface area contributed by atoms with Gasteiger partial charge in [-0.25, -0.2) is 4.39 Å². The fourth-order valence-electron chi connectivity index (χ4n) is 6.57. The molecule has 3 aromatic rings. The fraction of sp³-hybridized carbons (Fsp3) is 0.421. The molecule has 6 rings (SSSR count). The third kappa shape index (κ3) is 9.02. The molecule has 0 spiro atoms. The minimum atomic E-state index is -0.587. The molecular weight excluding hydrogens is 659 g/mol. The topological polar surface area (TPSA) is 127 Å². The Morgan fingerprint density at radius 3 is 2.47 bits per heavy atom. The fourth-order valence-corrected chi connectivity index (χ4v) is 6.57. The molecule has 4 bridgehead atoms. The van der Waals surface area contributed by atoms with Crippen LogP contribution in [0.4, 0.5) is 4.39 Å². The highest BCUT2D eigenvalue weighted by Crippen LogP contribution is 2.29. The average molecular weight is 703 g/mol. The highest BCUT2D eigenvalue weighted by molar-refractivity contribution is 6.01. The van der Waals surface area contributed by atoms with Crippen LogP contribution in [0.25, 0.3) is 0 Å². The molecule has 3 aliphatic rings. The van der Waals surface area contributed by atoms with Crippen LogP contribution in [0.3, 0.4) is 0 Å². The molecule has 2 atom stereocenters. The summed E-state index contributed by atoms with van der Waals surface area (Å²) < 4.78 is 37.9. The van der Waals surface area contributed by atoms with E-state index >= 15 is 0 Å². The predicted octanol–water partition coefficient (Wildman–Crippen LogP) is 3.81. The van der Waals surface area contributed by atoms with E-state index in [0.29, 0.717) is 44.7 Å². The Morgan fingerprint density at radius 2 is 1.73 bits per heavy atom. The predicted molar refractivity (Wildman–Crippen MR) is 184 cm³/mol. The molecule has 0 aromatic heterocycles. The summed E-state index contributed by atoms with van der Waals surface area (Å²) in [7, 11) is 1.60. The molecule has 2 fully saturated rings. The van der Waals surface area contributed by atoms with Crippen molar-refractivity contribution in [3.8, 4) is 17.2 Å². The monoisotopic (exact) mass is 702 g/mol. The van der Waals surface area contributed by atoms with Gasteiger partial charge in [-0.05, 0) is 66.4 Å². The third-order valence-corrected chi connectivity index (χ3v) is 9.20. The van der Waals surface area contributed by atoms with E-state index in [1.54, 1.807) is 23.0 Å². The summed E-state index contributed by atoms with van der Waals surface area (Å²) in [5.74, 6) is -0.767. The van der Waals surface area contributed by atoms with Crippen LogP contribution in [0.1, 0.15) is 51.6 Å². The summed E-state index contributed by atoms with van der Waals surface area (Å²) in [6.45, 7) is 3.96. The van der Waals surface area contributed by atoms with Gasteiger partial charge < -0.3 is 39.0 Å². The molecule has 1 N–H and O–H groups in total. The zero-order chi connectivity index (χ0) is 35.9. The summed E-state index contributed by atoms with van der Waals surface area (Å²) in [6, 6.07) is 15.7. The van der Waals surface area contributed by atoms with Crippen molar-refractivity contribution >= 4 is 23.6 Å². The second-order valence-corrected chi connectivity index (χ2v) is 12.9. The lowest BCUT2D eigenvalue weighted by atomic mass is 10.1. The van der Waals surface area contributed by atoms with Gasteiger partial charge in [-0.2, -0.15) is 0 Å². The molecule has 2 saturated heterocycles.